The van der Waals surface area contributed by atoms with Crippen LogP contribution in [0.3, 0.4) is 0 Å². The maximum Gasteiger partial charge on any atom is 0.339 e. The minimum Gasteiger partial charge on any atom is -0.481 e. The third kappa shape index (κ3) is 3.64. The van der Waals surface area contributed by atoms with Gasteiger partial charge in [0, 0.05) is 0 Å². The lowest BCUT2D eigenvalue weighted by molar-refractivity contribution is -0.148. The molecule has 1 aliphatic carbocycles. The van der Waals surface area contributed by atoms with Crippen molar-refractivity contribution < 1.29 is 24.2 Å². The van der Waals surface area contributed by atoms with Crippen LogP contribution in [0.1, 0.15) is 30.6 Å². The third-order valence-corrected chi connectivity index (χ3v) is 4.30. The number of anilines is 1. The van der Waals surface area contributed by atoms with Crippen LogP contribution < -0.4 is 5.32 Å². The van der Waals surface area contributed by atoms with Crippen LogP contribution in [0.15, 0.2) is 35.9 Å². The Morgan fingerprint density at radius 2 is 1.92 bits per heavy atom. The predicted octanol–water partition coefficient (Wildman–Crippen LogP) is 2.71. The van der Waals surface area contributed by atoms with Crippen molar-refractivity contribution >= 4 is 23.5 Å². The van der Waals surface area contributed by atoms with Crippen molar-refractivity contribution in [2.75, 3.05) is 12.4 Å². The maximum atomic E-state index is 12.7. The molecule has 2 N–H and O–H groups in total. The largest absolute Gasteiger partial charge is 0.481 e. The summed E-state index contributed by atoms with van der Waals surface area (Å²) in [5.74, 6) is -3.67. The Hall–Kier alpha value is -2.63. The molecule has 6 nitrogen and oxygen atoms in total. The molecule has 0 aliphatic heterocycles. The van der Waals surface area contributed by atoms with E-state index in [1.54, 1.807) is 31.2 Å². The molecular weight excluding hydrogens is 310 g/mol. The van der Waals surface area contributed by atoms with Crippen molar-refractivity contribution in [3.63, 3.8) is 0 Å². The van der Waals surface area contributed by atoms with Gasteiger partial charge in [-0.1, -0.05) is 30.7 Å². The number of carboxylic acid groups (broad SMARTS) is 1. The van der Waals surface area contributed by atoms with Gasteiger partial charge in [0.05, 0.1) is 30.2 Å². The molecule has 0 unspecified atom stereocenters. The molecule has 0 radical (unpaired) electrons. The van der Waals surface area contributed by atoms with Crippen molar-refractivity contribution in [1.29, 1.82) is 0 Å². The number of methoxy groups -OCH3 is 1. The first-order valence-electron chi connectivity index (χ1n) is 7.73. The molecule has 24 heavy (non-hydrogen) atoms. The number of aliphatic carboxylic acids is 1. The topological polar surface area (TPSA) is 92.7 Å². The van der Waals surface area contributed by atoms with Crippen LogP contribution in [0.5, 0.6) is 0 Å². The van der Waals surface area contributed by atoms with Gasteiger partial charge < -0.3 is 15.2 Å². The van der Waals surface area contributed by atoms with E-state index in [0.29, 0.717) is 12.1 Å². The van der Waals surface area contributed by atoms with Gasteiger partial charge in [-0.15, -0.1) is 0 Å². The van der Waals surface area contributed by atoms with E-state index in [2.05, 4.69) is 5.32 Å². The minimum atomic E-state index is -0.993. The summed E-state index contributed by atoms with van der Waals surface area (Å²) in [5.41, 5.74) is 1.54. The lowest BCUT2D eigenvalue weighted by Crippen LogP contribution is -2.39. The normalized spacial score (nSPS) is 23.1. The smallest absolute Gasteiger partial charge is 0.339 e. The molecule has 0 heterocycles. The van der Waals surface area contributed by atoms with E-state index in [4.69, 9.17) is 4.74 Å². The zero-order chi connectivity index (χ0) is 17.9. The Morgan fingerprint density at radius 1 is 1.25 bits per heavy atom. The summed E-state index contributed by atoms with van der Waals surface area (Å²) in [5, 5.41) is 12.2. The zero-order valence-electron chi connectivity index (χ0n) is 13.9. The number of rotatable bonds is 4. The number of para-hydroxylation sites is 1. The number of carbonyl (C=O) groups excluding carboxylic acids is 2. The highest BCUT2D eigenvalue weighted by Crippen LogP contribution is 2.35. The molecule has 3 atom stereocenters. The second kappa shape index (κ2) is 7.29. The quantitative estimate of drug-likeness (QED) is 0.654. The van der Waals surface area contributed by atoms with Gasteiger partial charge >= 0.3 is 11.9 Å². The van der Waals surface area contributed by atoms with Crippen LogP contribution >= 0.6 is 0 Å². The minimum absolute atomic E-state index is 0.233. The van der Waals surface area contributed by atoms with Gasteiger partial charge in [-0.05, 0) is 31.4 Å². The van der Waals surface area contributed by atoms with Crippen LogP contribution in [0, 0.1) is 17.8 Å². The number of esters is 1. The van der Waals surface area contributed by atoms with E-state index >= 15 is 0 Å². The van der Waals surface area contributed by atoms with Gasteiger partial charge in [-0.2, -0.15) is 0 Å². The molecule has 2 rings (SSSR count). The Bertz CT molecular complexity index is 694. The molecular formula is C18H21NO5. The second-order valence-corrected chi connectivity index (χ2v) is 6.07. The highest BCUT2D eigenvalue weighted by Gasteiger charge is 2.39. The zero-order valence-corrected chi connectivity index (χ0v) is 13.9. The number of carbonyl (C=O) groups is 3. The fraction of sp³-hybridized carbons (Fsp3) is 0.389. The van der Waals surface area contributed by atoms with Crippen molar-refractivity contribution in [2.24, 2.45) is 17.8 Å². The molecule has 0 saturated carbocycles. The van der Waals surface area contributed by atoms with Crippen LogP contribution in [0.25, 0.3) is 0 Å². The number of nitrogens with one attached hydrogen (secondary N) is 1. The summed E-state index contributed by atoms with van der Waals surface area (Å²) in [7, 11) is 1.26. The first-order chi connectivity index (χ1) is 11.3. The van der Waals surface area contributed by atoms with Crippen LogP contribution in [0.4, 0.5) is 5.69 Å². The molecule has 1 aliphatic rings. The Labute approximate surface area is 140 Å². The van der Waals surface area contributed by atoms with Gasteiger partial charge in [-0.3, -0.25) is 9.59 Å². The van der Waals surface area contributed by atoms with E-state index in [0.717, 1.165) is 5.57 Å². The summed E-state index contributed by atoms with van der Waals surface area (Å²) in [6, 6.07) is 6.49. The van der Waals surface area contributed by atoms with Crippen LogP contribution in [-0.4, -0.2) is 30.1 Å². The molecule has 1 amide bonds. The van der Waals surface area contributed by atoms with Gasteiger partial charge in [0.25, 0.3) is 0 Å². The standard InChI is InChI=1S/C18H21NO5/c1-10-8-11(2)15(17(21)22)13(9-10)16(20)19-14-7-5-4-6-12(14)18(23)24-3/h4-8,11,13,15H,9H2,1-3H3,(H,19,20)(H,21,22)/t11-,13-,15-/m0/s1. The van der Waals surface area contributed by atoms with E-state index < -0.39 is 29.7 Å². The molecule has 0 bridgehead atoms. The Morgan fingerprint density at radius 3 is 2.54 bits per heavy atom. The lowest BCUT2D eigenvalue weighted by atomic mass is 9.73. The summed E-state index contributed by atoms with van der Waals surface area (Å²) >= 11 is 0. The predicted molar refractivity (Wildman–Crippen MR) is 88.6 cm³/mol. The molecule has 6 heteroatoms. The van der Waals surface area contributed by atoms with Gasteiger partial charge in [0.15, 0.2) is 0 Å². The van der Waals surface area contributed by atoms with Crippen LogP contribution in [-0.2, 0) is 14.3 Å². The summed E-state index contributed by atoms with van der Waals surface area (Å²) in [6.07, 6.45) is 2.28. The highest BCUT2D eigenvalue weighted by molar-refractivity contribution is 6.02. The number of ether oxygens (including phenoxy) is 1. The Kier molecular flexibility index (Phi) is 5.39. The molecule has 0 saturated heterocycles. The number of amides is 1. The molecule has 0 spiro atoms. The first-order valence-corrected chi connectivity index (χ1v) is 7.73. The number of carboxylic acids is 1. The van der Waals surface area contributed by atoms with Gasteiger partial charge in [0.1, 0.15) is 0 Å². The average Bonchev–Trinajstić information content (AvgIpc) is 2.53. The monoisotopic (exact) mass is 331 g/mol. The molecule has 0 aromatic heterocycles. The van der Waals surface area contributed by atoms with Gasteiger partial charge in [0.2, 0.25) is 5.91 Å². The van der Waals surface area contributed by atoms with E-state index in [-0.39, 0.29) is 11.5 Å². The molecule has 128 valence electrons. The van der Waals surface area contributed by atoms with E-state index in [9.17, 15) is 19.5 Å². The first kappa shape index (κ1) is 17.7. The fourth-order valence-electron chi connectivity index (χ4n) is 3.22. The third-order valence-electron chi connectivity index (χ3n) is 4.30. The SMILES string of the molecule is COC(=O)c1ccccc1NC(=O)[C@H]1CC(C)=C[C@H](C)[C@@H]1C(=O)O. The highest BCUT2D eigenvalue weighted by atomic mass is 16.5. The van der Waals surface area contributed by atoms with Crippen molar-refractivity contribution in [1.82, 2.24) is 0 Å². The van der Waals surface area contributed by atoms with Gasteiger partial charge in [-0.25, -0.2) is 4.79 Å². The summed E-state index contributed by atoms with van der Waals surface area (Å²) in [6.45, 7) is 3.68. The number of hydrogen-bond donors (Lipinski definition) is 2. The fourth-order valence-corrected chi connectivity index (χ4v) is 3.22. The number of allylic oxidation sites excluding steroid dienone is 2. The molecule has 1 aromatic rings. The summed E-state index contributed by atoms with van der Waals surface area (Å²) < 4.78 is 4.70. The van der Waals surface area contributed by atoms with Crippen molar-refractivity contribution in [3.8, 4) is 0 Å². The van der Waals surface area contributed by atoms with E-state index in [1.165, 1.54) is 7.11 Å². The lowest BCUT2D eigenvalue weighted by Gasteiger charge is -2.31. The van der Waals surface area contributed by atoms with Crippen molar-refractivity contribution in [2.45, 2.75) is 20.3 Å². The second-order valence-electron chi connectivity index (χ2n) is 6.07. The number of benzene rings is 1. The Balaban J connectivity index is 2.28. The maximum absolute atomic E-state index is 12.7. The number of hydrogen-bond acceptors (Lipinski definition) is 4. The molecule has 0 fully saturated rings. The molecule has 1 aromatic carbocycles. The van der Waals surface area contributed by atoms with Crippen molar-refractivity contribution in [3.05, 3.63) is 41.5 Å². The average molecular weight is 331 g/mol. The van der Waals surface area contributed by atoms with Crippen LogP contribution in [0.2, 0.25) is 0 Å². The van der Waals surface area contributed by atoms with E-state index in [1.807, 2.05) is 13.0 Å². The summed E-state index contributed by atoms with van der Waals surface area (Å²) in [4.78, 5) is 36.1.